The summed E-state index contributed by atoms with van der Waals surface area (Å²) in [6, 6.07) is 14.3. The predicted molar refractivity (Wildman–Crippen MR) is 125 cm³/mol. The van der Waals surface area contributed by atoms with Crippen molar-refractivity contribution in [2.24, 2.45) is 0 Å². The fraction of sp³-hybridized carbons (Fsp3) is 0.375. The summed E-state index contributed by atoms with van der Waals surface area (Å²) in [6.07, 6.45) is 3.50. The van der Waals surface area contributed by atoms with Gasteiger partial charge in [-0.2, -0.15) is 0 Å². The molecular weight excluding hydrogens is 388 g/mol. The van der Waals surface area contributed by atoms with Gasteiger partial charge in [0, 0.05) is 56.5 Å². The SMILES string of the molecule is COc1ccccc1C(C)CNc1cc(-c2ccc(N3CCN(C)CC3)nc2)ncn1. The highest BCUT2D eigenvalue weighted by Gasteiger charge is 2.15. The van der Waals surface area contributed by atoms with Crippen LogP contribution in [0.15, 0.2) is 55.0 Å². The summed E-state index contributed by atoms with van der Waals surface area (Å²) in [5.74, 6) is 3.01. The van der Waals surface area contributed by atoms with E-state index in [1.54, 1.807) is 13.4 Å². The minimum absolute atomic E-state index is 0.277. The summed E-state index contributed by atoms with van der Waals surface area (Å²) in [7, 11) is 3.87. The first-order valence-electron chi connectivity index (χ1n) is 10.7. The van der Waals surface area contributed by atoms with Crippen molar-refractivity contribution >= 4 is 11.6 Å². The summed E-state index contributed by atoms with van der Waals surface area (Å²) in [4.78, 5) is 18.2. The first kappa shape index (κ1) is 21.1. The molecule has 7 nitrogen and oxygen atoms in total. The molecule has 2 aromatic heterocycles. The number of pyridine rings is 1. The van der Waals surface area contributed by atoms with E-state index in [2.05, 4.69) is 62.2 Å². The number of nitrogens with zero attached hydrogens (tertiary/aromatic N) is 5. The van der Waals surface area contributed by atoms with Gasteiger partial charge in [0.2, 0.25) is 0 Å². The van der Waals surface area contributed by atoms with Gasteiger partial charge < -0.3 is 19.9 Å². The van der Waals surface area contributed by atoms with Crippen LogP contribution in [0.3, 0.4) is 0 Å². The highest BCUT2D eigenvalue weighted by atomic mass is 16.5. The zero-order chi connectivity index (χ0) is 21.6. The lowest BCUT2D eigenvalue weighted by molar-refractivity contribution is 0.312. The third kappa shape index (κ3) is 5.11. The monoisotopic (exact) mass is 418 g/mol. The van der Waals surface area contributed by atoms with Gasteiger partial charge in [0.1, 0.15) is 23.7 Å². The van der Waals surface area contributed by atoms with Gasteiger partial charge >= 0.3 is 0 Å². The van der Waals surface area contributed by atoms with E-state index >= 15 is 0 Å². The van der Waals surface area contributed by atoms with E-state index in [-0.39, 0.29) is 5.92 Å². The highest BCUT2D eigenvalue weighted by molar-refractivity contribution is 5.62. The molecule has 1 saturated heterocycles. The lowest BCUT2D eigenvalue weighted by Crippen LogP contribution is -2.44. The van der Waals surface area contributed by atoms with Gasteiger partial charge in [-0.15, -0.1) is 0 Å². The minimum Gasteiger partial charge on any atom is -0.496 e. The number of para-hydroxylation sites is 1. The van der Waals surface area contributed by atoms with Gasteiger partial charge in [0.15, 0.2) is 0 Å². The number of aromatic nitrogens is 3. The van der Waals surface area contributed by atoms with Crippen molar-refractivity contribution < 1.29 is 4.74 Å². The Hall–Kier alpha value is -3.19. The Balaban J connectivity index is 1.41. The molecule has 1 aromatic carbocycles. The number of hydrogen-bond acceptors (Lipinski definition) is 7. The fourth-order valence-corrected chi connectivity index (χ4v) is 3.81. The average molecular weight is 419 g/mol. The second-order valence-electron chi connectivity index (χ2n) is 8.01. The van der Waals surface area contributed by atoms with Crippen molar-refractivity contribution in [2.75, 3.05) is 57.1 Å². The molecule has 0 aliphatic carbocycles. The average Bonchev–Trinajstić information content (AvgIpc) is 2.83. The zero-order valence-corrected chi connectivity index (χ0v) is 18.5. The number of piperazine rings is 1. The van der Waals surface area contributed by atoms with E-state index < -0.39 is 0 Å². The molecular formula is C24H30N6O. The molecule has 1 aliphatic heterocycles. The second kappa shape index (κ2) is 9.75. The molecule has 1 atom stereocenters. The molecule has 0 spiro atoms. The number of hydrogen-bond donors (Lipinski definition) is 1. The fourth-order valence-electron chi connectivity index (χ4n) is 3.81. The van der Waals surface area contributed by atoms with Crippen LogP contribution in [0.4, 0.5) is 11.6 Å². The molecule has 0 amide bonds. The predicted octanol–water partition coefficient (Wildman–Crippen LogP) is 3.51. The summed E-state index contributed by atoms with van der Waals surface area (Å²) in [6.45, 7) is 7.07. The first-order chi connectivity index (χ1) is 15.1. The van der Waals surface area contributed by atoms with Crippen molar-refractivity contribution in [3.05, 3.63) is 60.6 Å². The van der Waals surface area contributed by atoms with Crippen LogP contribution in [-0.2, 0) is 0 Å². The molecule has 7 heteroatoms. The molecule has 0 bridgehead atoms. The largest absolute Gasteiger partial charge is 0.496 e. The number of likely N-dealkylation sites (N-methyl/N-ethyl adjacent to an activating group) is 1. The highest BCUT2D eigenvalue weighted by Crippen LogP contribution is 2.27. The van der Waals surface area contributed by atoms with Crippen molar-refractivity contribution in [1.82, 2.24) is 19.9 Å². The van der Waals surface area contributed by atoms with Crippen LogP contribution >= 0.6 is 0 Å². The Morgan fingerprint density at radius 1 is 1.03 bits per heavy atom. The van der Waals surface area contributed by atoms with Crippen molar-refractivity contribution in [3.8, 4) is 17.0 Å². The van der Waals surface area contributed by atoms with Crippen LogP contribution in [0.2, 0.25) is 0 Å². The minimum atomic E-state index is 0.277. The zero-order valence-electron chi connectivity index (χ0n) is 18.5. The van der Waals surface area contributed by atoms with Gasteiger partial charge in [-0.05, 0) is 30.8 Å². The molecule has 1 fully saturated rings. The Bertz CT molecular complexity index is 985. The standard InChI is InChI=1S/C24H30N6O/c1-18(20-6-4-5-7-22(20)31-3)15-25-23-14-21(27-17-28-23)19-8-9-24(26-16-19)30-12-10-29(2)11-13-30/h4-9,14,16-18H,10-13,15H2,1-3H3,(H,25,27,28). The van der Waals surface area contributed by atoms with E-state index in [0.29, 0.717) is 0 Å². The maximum atomic E-state index is 5.49. The van der Waals surface area contributed by atoms with E-state index in [4.69, 9.17) is 4.74 Å². The number of ether oxygens (including phenoxy) is 1. The van der Waals surface area contributed by atoms with Gasteiger partial charge in [-0.3, -0.25) is 0 Å². The smallest absolute Gasteiger partial charge is 0.129 e. The molecule has 162 valence electrons. The quantitative estimate of drug-likeness (QED) is 0.630. The molecule has 0 radical (unpaired) electrons. The lowest BCUT2D eigenvalue weighted by atomic mass is 10.00. The maximum Gasteiger partial charge on any atom is 0.129 e. The molecule has 0 saturated carbocycles. The molecule has 4 rings (SSSR count). The van der Waals surface area contributed by atoms with Crippen LogP contribution in [0, 0.1) is 0 Å². The Labute approximate surface area is 184 Å². The maximum absolute atomic E-state index is 5.49. The third-order valence-electron chi connectivity index (χ3n) is 5.80. The summed E-state index contributed by atoms with van der Waals surface area (Å²) in [5.41, 5.74) is 3.02. The summed E-state index contributed by atoms with van der Waals surface area (Å²) >= 11 is 0. The number of nitrogens with one attached hydrogen (secondary N) is 1. The molecule has 3 aromatic rings. The third-order valence-corrected chi connectivity index (χ3v) is 5.80. The van der Waals surface area contributed by atoms with Gasteiger partial charge in [0.25, 0.3) is 0 Å². The van der Waals surface area contributed by atoms with E-state index in [0.717, 1.165) is 61.4 Å². The number of methoxy groups -OCH3 is 1. The van der Waals surface area contributed by atoms with E-state index in [1.165, 1.54) is 5.56 Å². The number of rotatable bonds is 7. The lowest BCUT2D eigenvalue weighted by Gasteiger charge is -2.33. The van der Waals surface area contributed by atoms with E-state index in [1.807, 2.05) is 30.5 Å². The van der Waals surface area contributed by atoms with Crippen LogP contribution in [-0.4, -0.2) is 66.7 Å². The first-order valence-corrected chi connectivity index (χ1v) is 10.7. The molecule has 3 heterocycles. The molecule has 1 unspecified atom stereocenters. The van der Waals surface area contributed by atoms with Crippen molar-refractivity contribution in [2.45, 2.75) is 12.8 Å². The Kier molecular flexibility index (Phi) is 6.62. The molecule has 31 heavy (non-hydrogen) atoms. The van der Waals surface area contributed by atoms with Gasteiger partial charge in [0.05, 0.1) is 12.8 Å². The topological polar surface area (TPSA) is 66.4 Å². The van der Waals surface area contributed by atoms with Crippen LogP contribution < -0.4 is 15.0 Å². The summed E-state index contributed by atoms with van der Waals surface area (Å²) < 4.78 is 5.49. The van der Waals surface area contributed by atoms with Crippen LogP contribution in [0.5, 0.6) is 5.75 Å². The Morgan fingerprint density at radius 2 is 1.84 bits per heavy atom. The van der Waals surface area contributed by atoms with Crippen LogP contribution in [0.1, 0.15) is 18.4 Å². The number of benzene rings is 1. The summed E-state index contributed by atoms with van der Waals surface area (Å²) in [5, 5.41) is 3.43. The van der Waals surface area contributed by atoms with Gasteiger partial charge in [-0.1, -0.05) is 25.1 Å². The Morgan fingerprint density at radius 3 is 2.58 bits per heavy atom. The van der Waals surface area contributed by atoms with Crippen molar-refractivity contribution in [3.63, 3.8) is 0 Å². The number of anilines is 2. The van der Waals surface area contributed by atoms with Crippen molar-refractivity contribution in [1.29, 1.82) is 0 Å². The second-order valence-corrected chi connectivity index (χ2v) is 8.01. The van der Waals surface area contributed by atoms with E-state index in [9.17, 15) is 0 Å². The molecule has 1 aliphatic rings. The molecule has 1 N–H and O–H groups in total. The normalized spacial score (nSPS) is 15.5. The van der Waals surface area contributed by atoms with Gasteiger partial charge in [-0.25, -0.2) is 15.0 Å². The van der Waals surface area contributed by atoms with Crippen LogP contribution in [0.25, 0.3) is 11.3 Å².